The van der Waals surface area contributed by atoms with Crippen LogP contribution in [0.25, 0.3) is 17.2 Å². The number of nitrogens with one attached hydrogen (secondary N) is 1. The second-order valence-corrected chi connectivity index (χ2v) is 6.13. The van der Waals surface area contributed by atoms with Crippen LogP contribution in [-0.4, -0.2) is 25.5 Å². The number of amides is 1. The van der Waals surface area contributed by atoms with E-state index in [1.165, 1.54) is 4.52 Å². The first-order valence-corrected chi connectivity index (χ1v) is 8.35. The lowest BCUT2D eigenvalue weighted by molar-refractivity contribution is 0.102. The molecular formula is C19H14ClN5O. The molecule has 4 rings (SSSR count). The predicted octanol–water partition coefficient (Wildman–Crippen LogP) is 4.01. The van der Waals surface area contributed by atoms with E-state index in [1.807, 2.05) is 30.3 Å². The van der Waals surface area contributed by atoms with E-state index in [0.29, 0.717) is 33.6 Å². The van der Waals surface area contributed by atoms with Crippen molar-refractivity contribution in [3.05, 3.63) is 77.1 Å². The monoisotopic (exact) mass is 363 g/mol. The summed E-state index contributed by atoms with van der Waals surface area (Å²) in [5.41, 5.74) is 2.40. The number of fused-ring (bicyclic) bond motifs is 1. The Balaban J connectivity index is 1.70. The van der Waals surface area contributed by atoms with Gasteiger partial charge in [0.25, 0.3) is 11.7 Å². The van der Waals surface area contributed by atoms with Gasteiger partial charge in [0, 0.05) is 11.8 Å². The van der Waals surface area contributed by atoms with Crippen LogP contribution < -0.4 is 5.32 Å². The van der Waals surface area contributed by atoms with Gasteiger partial charge in [0.1, 0.15) is 0 Å². The number of anilines is 1. The van der Waals surface area contributed by atoms with Crippen LogP contribution in [0.1, 0.15) is 16.1 Å². The Kier molecular flexibility index (Phi) is 4.10. The number of carbonyl (C=O) groups excluding carboxylic acids is 1. The number of para-hydroxylation sites is 1. The van der Waals surface area contributed by atoms with Crippen LogP contribution in [0, 0.1) is 6.92 Å². The molecule has 0 saturated heterocycles. The highest BCUT2D eigenvalue weighted by Crippen LogP contribution is 2.22. The molecule has 2 heterocycles. The molecule has 1 amide bonds. The maximum atomic E-state index is 12.6. The van der Waals surface area contributed by atoms with Crippen molar-refractivity contribution in [1.82, 2.24) is 19.6 Å². The fraction of sp³-hybridized carbons (Fsp3) is 0.0526. The lowest BCUT2D eigenvalue weighted by atomic mass is 10.2. The molecule has 0 aliphatic carbocycles. The molecule has 0 aliphatic rings. The van der Waals surface area contributed by atoms with E-state index < -0.39 is 0 Å². The first kappa shape index (κ1) is 16.2. The second-order valence-electron chi connectivity index (χ2n) is 5.72. The summed E-state index contributed by atoms with van der Waals surface area (Å²) < 4.78 is 1.51. The zero-order valence-corrected chi connectivity index (χ0v) is 14.6. The summed E-state index contributed by atoms with van der Waals surface area (Å²) in [5, 5.41) is 7.70. The molecule has 128 valence electrons. The molecule has 1 N–H and O–H groups in total. The number of halogens is 1. The van der Waals surface area contributed by atoms with Crippen molar-refractivity contribution in [2.24, 2.45) is 0 Å². The first-order valence-electron chi connectivity index (χ1n) is 7.97. The van der Waals surface area contributed by atoms with Gasteiger partial charge in [-0.1, -0.05) is 54.1 Å². The number of hydrogen-bond donors (Lipinski definition) is 1. The summed E-state index contributed by atoms with van der Waals surface area (Å²) in [6.07, 6.45) is 1.63. The minimum Gasteiger partial charge on any atom is -0.321 e. The molecule has 26 heavy (non-hydrogen) atoms. The van der Waals surface area contributed by atoms with Crippen LogP contribution in [0.3, 0.4) is 0 Å². The number of hydrogen-bond acceptors (Lipinski definition) is 4. The van der Waals surface area contributed by atoms with Crippen LogP contribution in [0.15, 0.2) is 60.8 Å². The third-order valence-electron chi connectivity index (χ3n) is 3.92. The van der Waals surface area contributed by atoms with Gasteiger partial charge in [0.15, 0.2) is 5.82 Å². The molecule has 2 aromatic carbocycles. The Labute approximate surface area is 154 Å². The number of nitrogens with zero attached hydrogens (tertiary/aromatic N) is 4. The zero-order chi connectivity index (χ0) is 18.1. The van der Waals surface area contributed by atoms with E-state index in [0.717, 1.165) is 5.56 Å². The Morgan fingerprint density at radius 2 is 1.77 bits per heavy atom. The molecule has 0 radical (unpaired) electrons. The van der Waals surface area contributed by atoms with Crippen LogP contribution in [0.4, 0.5) is 5.69 Å². The average molecular weight is 364 g/mol. The largest absolute Gasteiger partial charge is 0.321 e. The summed E-state index contributed by atoms with van der Waals surface area (Å²) >= 11 is 6.10. The number of rotatable bonds is 3. The molecule has 7 heteroatoms. The lowest BCUT2D eigenvalue weighted by Crippen LogP contribution is -2.15. The maximum Gasteiger partial charge on any atom is 0.259 e. The number of benzene rings is 2. The molecule has 0 unspecified atom stereocenters. The van der Waals surface area contributed by atoms with E-state index >= 15 is 0 Å². The summed E-state index contributed by atoms with van der Waals surface area (Å²) in [6.45, 7) is 1.76. The van der Waals surface area contributed by atoms with Gasteiger partial charge in [-0.3, -0.25) is 4.79 Å². The van der Waals surface area contributed by atoms with E-state index in [-0.39, 0.29) is 5.91 Å². The van der Waals surface area contributed by atoms with Gasteiger partial charge in [0.05, 0.1) is 22.0 Å². The molecule has 0 atom stereocenters. The fourth-order valence-electron chi connectivity index (χ4n) is 2.59. The first-order chi connectivity index (χ1) is 12.6. The maximum absolute atomic E-state index is 12.6. The van der Waals surface area contributed by atoms with Crippen LogP contribution in [0.2, 0.25) is 5.02 Å². The Bertz CT molecular complexity index is 1110. The number of aryl methyl sites for hydroxylation is 1. The van der Waals surface area contributed by atoms with Gasteiger partial charge in [-0.05, 0) is 19.1 Å². The van der Waals surface area contributed by atoms with Gasteiger partial charge >= 0.3 is 0 Å². The van der Waals surface area contributed by atoms with Crippen molar-refractivity contribution >= 4 is 29.0 Å². The molecular weight excluding hydrogens is 350 g/mol. The minimum absolute atomic E-state index is 0.304. The summed E-state index contributed by atoms with van der Waals surface area (Å²) in [6, 6.07) is 16.7. The highest BCUT2D eigenvalue weighted by atomic mass is 35.5. The van der Waals surface area contributed by atoms with Crippen LogP contribution in [-0.2, 0) is 0 Å². The van der Waals surface area contributed by atoms with Gasteiger partial charge < -0.3 is 5.32 Å². The smallest absolute Gasteiger partial charge is 0.259 e. The molecule has 0 aliphatic heterocycles. The molecule has 0 saturated carbocycles. The fourth-order valence-corrected chi connectivity index (χ4v) is 2.77. The molecule has 6 nitrogen and oxygen atoms in total. The Hall–Kier alpha value is -3.25. The van der Waals surface area contributed by atoms with E-state index in [4.69, 9.17) is 11.6 Å². The second kappa shape index (κ2) is 6.57. The van der Waals surface area contributed by atoms with Crippen molar-refractivity contribution in [2.45, 2.75) is 6.92 Å². The van der Waals surface area contributed by atoms with Crippen molar-refractivity contribution in [3.63, 3.8) is 0 Å². The van der Waals surface area contributed by atoms with Crippen molar-refractivity contribution < 1.29 is 4.79 Å². The average Bonchev–Trinajstić information content (AvgIpc) is 3.06. The van der Waals surface area contributed by atoms with Gasteiger partial charge in [0.2, 0.25) is 0 Å². The lowest BCUT2D eigenvalue weighted by Gasteiger charge is -2.08. The van der Waals surface area contributed by atoms with E-state index in [2.05, 4.69) is 20.4 Å². The van der Waals surface area contributed by atoms with E-state index in [1.54, 1.807) is 37.4 Å². The molecule has 0 fully saturated rings. The van der Waals surface area contributed by atoms with Gasteiger partial charge in [-0.25, -0.2) is 9.50 Å². The van der Waals surface area contributed by atoms with Crippen molar-refractivity contribution in [2.75, 3.05) is 5.32 Å². The van der Waals surface area contributed by atoms with Crippen LogP contribution in [0.5, 0.6) is 0 Å². The summed E-state index contributed by atoms with van der Waals surface area (Å²) in [4.78, 5) is 21.5. The summed E-state index contributed by atoms with van der Waals surface area (Å²) in [7, 11) is 0. The highest BCUT2D eigenvalue weighted by molar-refractivity contribution is 6.33. The molecule has 0 bridgehead atoms. The van der Waals surface area contributed by atoms with Crippen molar-refractivity contribution in [1.29, 1.82) is 0 Å². The SMILES string of the molecule is Cc1nc2nc(-c3ccccc3)nn2cc1C(=O)Nc1ccccc1Cl. The Morgan fingerprint density at radius 1 is 1.04 bits per heavy atom. The standard InChI is InChI=1S/C19H14ClN5O/c1-12-14(18(26)22-16-10-6-5-9-15(16)20)11-25-19(21-12)23-17(24-25)13-7-3-2-4-8-13/h2-11H,1H3,(H,22,26). The topological polar surface area (TPSA) is 72.2 Å². The van der Waals surface area contributed by atoms with Crippen LogP contribution >= 0.6 is 11.6 Å². The molecule has 4 aromatic rings. The Morgan fingerprint density at radius 3 is 2.54 bits per heavy atom. The van der Waals surface area contributed by atoms with Gasteiger partial charge in [-0.15, -0.1) is 5.10 Å². The normalized spacial score (nSPS) is 10.8. The zero-order valence-electron chi connectivity index (χ0n) is 13.8. The molecule has 0 spiro atoms. The third-order valence-corrected chi connectivity index (χ3v) is 4.25. The molecule has 2 aromatic heterocycles. The van der Waals surface area contributed by atoms with Gasteiger partial charge in [-0.2, -0.15) is 4.98 Å². The third kappa shape index (κ3) is 3.02. The predicted molar refractivity (Wildman–Crippen MR) is 100 cm³/mol. The van der Waals surface area contributed by atoms with Crippen molar-refractivity contribution in [3.8, 4) is 11.4 Å². The quantitative estimate of drug-likeness (QED) is 0.597. The number of carbonyl (C=O) groups is 1. The summed E-state index contributed by atoms with van der Waals surface area (Å²) in [5.74, 6) is 0.693. The van der Waals surface area contributed by atoms with E-state index in [9.17, 15) is 4.79 Å². The number of aromatic nitrogens is 4. The highest BCUT2D eigenvalue weighted by Gasteiger charge is 2.16. The minimum atomic E-state index is -0.304.